The third kappa shape index (κ3) is 2.66. The fourth-order valence-electron chi connectivity index (χ4n) is 3.40. The lowest BCUT2D eigenvalue weighted by atomic mass is 9.80. The van der Waals surface area contributed by atoms with Crippen LogP contribution in [0.3, 0.4) is 0 Å². The van der Waals surface area contributed by atoms with Crippen molar-refractivity contribution in [3.05, 3.63) is 35.4 Å². The Kier molecular flexibility index (Phi) is 4.18. The van der Waals surface area contributed by atoms with E-state index in [1.165, 1.54) is 11.3 Å². The summed E-state index contributed by atoms with van der Waals surface area (Å²) >= 11 is 1.96. The van der Waals surface area contributed by atoms with Crippen LogP contribution in [0, 0.1) is 5.92 Å². The molecule has 1 aromatic rings. The molecule has 1 spiro atoms. The molecule has 0 radical (unpaired) electrons. The summed E-state index contributed by atoms with van der Waals surface area (Å²) in [7, 11) is 0. The number of thioether (sulfide) groups is 1. The lowest BCUT2D eigenvalue weighted by molar-refractivity contribution is -0.0734. The van der Waals surface area contributed by atoms with Crippen molar-refractivity contribution < 1.29 is 9.53 Å². The second-order valence-electron chi connectivity index (χ2n) is 5.90. The summed E-state index contributed by atoms with van der Waals surface area (Å²) in [4.78, 5) is 12.9. The number of ether oxygens (including phenoxy) is 1. The zero-order valence-electron chi connectivity index (χ0n) is 12.1. The molecule has 0 aliphatic carbocycles. The summed E-state index contributed by atoms with van der Waals surface area (Å²) in [5.41, 5.74) is 2.10. The quantitative estimate of drug-likeness (QED) is 0.793. The number of benzene rings is 1. The van der Waals surface area contributed by atoms with Gasteiger partial charge in [-0.25, -0.2) is 0 Å². The van der Waals surface area contributed by atoms with Crippen LogP contribution in [-0.2, 0) is 11.2 Å². The predicted molar refractivity (Wildman–Crippen MR) is 83.5 cm³/mol. The second kappa shape index (κ2) is 5.90. The first kappa shape index (κ1) is 14.2. The summed E-state index contributed by atoms with van der Waals surface area (Å²) in [5.74, 6) is 2.72. The van der Waals surface area contributed by atoms with Crippen LogP contribution in [0.2, 0.25) is 0 Å². The Labute approximate surface area is 125 Å². The highest BCUT2D eigenvalue weighted by Gasteiger charge is 2.42. The van der Waals surface area contributed by atoms with E-state index >= 15 is 0 Å². The first-order chi connectivity index (χ1) is 9.74. The van der Waals surface area contributed by atoms with Gasteiger partial charge in [0, 0.05) is 23.8 Å². The zero-order valence-corrected chi connectivity index (χ0v) is 12.9. The minimum atomic E-state index is -0.00952. The molecule has 0 amide bonds. The number of carbonyl (C=O) groups excluding carboxylic acids is 1. The molecule has 3 heteroatoms. The number of carbonyl (C=O) groups is 1. The van der Waals surface area contributed by atoms with Crippen molar-refractivity contribution in [1.82, 2.24) is 0 Å². The van der Waals surface area contributed by atoms with E-state index < -0.39 is 0 Å². The van der Waals surface area contributed by atoms with E-state index in [0.717, 1.165) is 43.6 Å². The van der Waals surface area contributed by atoms with Crippen LogP contribution < -0.4 is 0 Å². The molecule has 2 nitrogen and oxygen atoms in total. The van der Waals surface area contributed by atoms with Gasteiger partial charge in [0.25, 0.3) is 0 Å². The third-order valence-electron chi connectivity index (χ3n) is 4.59. The van der Waals surface area contributed by atoms with Crippen LogP contribution in [0.15, 0.2) is 24.3 Å². The number of hydrogen-bond donors (Lipinski definition) is 0. The van der Waals surface area contributed by atoms with Gasteiger partial charge in [0.1, 0.15) is 0 Å². The van der Waals surface area contributed by atoms with Gasteiger partial charge < -0.3 is 4.74 Å². The van der Waals surface area contributed by atoms with Gasteiger partial charge in [-0.1, -0.05) is 31.2 Å². The van der Waals surface area contributed by atoms with Crippen LogP contribution in [0.4, 0.5) is 0 Å². The summed E-state index contributed by atoms with van der Waals surface area (Å²) in [6.07, 6.45) is 3.82. The van der Waals surface area contributed by atoms with E-state index in [2.05, 4.69) is 13.0 Å². The molecule has 0 aromatic heterocycles. The largest absolute Gasteiger partial charge is 0.374 e. The van der Waals surface area contributed by atoms with Gasteiger partial charge in [-0.05, 0) is 37.0 Å². The van der Waals surface area contributed by atoms with Gasteiger partial charge in [-0.15, -0.1) is 0 Å². The summed E-state index contributed by atoms with van der Waals surface area (Å²) in [6, 6.07) is 8.07. The Morgan fingerprint density at radius 1 is 1.45 bits per heavy atom. The Morgan fingerprint density at radius 2 is 2.30 bits per heavy atom. The Bertz CT molecular complexity index is 492. The average Bonchev–Trinajstić information content (AvgIpc) is 2.94. The maximum absolute atomic E-state index is 12.9. The second-order valence-corrected chi connectivity index (χ2v) is 7.00. The first-order valence-corrected chi connectivity index (χ1v) is 8.73. The van der Waals surface area contributed by atoms with Gasteiger partial charge in [-0.3, -0.25) is 4.79 Å². The number of Topliss-reactive ketones (excluding diaryl/α,β-unsaturated/α-hetero) is 1. The highest BCUT2D eigenvalue weighted by Crippen LogP contribution is 2.41. The lowest BCUT2D eigenvalue weighted by Gasteiger charge is -2.37. The molecule has 0 N–H and O–H groups in total. The van der Waals surface area contributed by atoms with Crippen LogP contribution in [0.5, 0.6) is 0 Å². The molecule has 0 bridgehead atoms. The van der Waals surface area contributed by atoms with Gasteiger partial charge in [-0.2, -0.15) is 11.8 Å². The standard InChI is InChI=1S/C17H22O2S/c1-2-13-5-3-4-6-15(13)16(18)14-7-9-19-17(11-14)8-10-20-12-17/h3-6,14H,2,7-12H2,1H3. The topological polar surface area (TPSA) is 26.3 Å². The molecule has 108 valence electrons. The van der Waals surface area contributed by atoms with Crippen molar-refractivity contribution in [2.75, 3.05) is 18.1 Å². The van der Waals surface area contributed by atoms with Crippen LogP contribution in [-0.4, -0.2) is 29.5 Å². The molecule has 1 aromatic carbocycles. The molecule has 2 saturated heterocycles. The fourth-order valence-corrected chi connectivity index (χ4v) is 4.78. The molecule has 2 atom stereocenters. The van der Waals surface area contributed by atoms with Crippen molar-refractivity contribution in [2.24, 2.45) is 5.92 Å². The van der Waals surface area contributed by atoms with Crippen LogP contribution in [0.25, 0.3) is 0 Å². The fraction of sp³-hybridized carbons (Fsp3) is 0.588. The monoisotopic (exact) mass is 290 g/mol. The molecule has 2 fully saturated rings. The maximum Gasteiger partial charge on any atom is 0.166 e. The minimum absolute atomic E-state index is 0.00952. The normalized spacial score (nSPS) is 29.8. The predicted octanol–water partition coefficient (Wildman–Crippen LogP) is 3.73. The smallest absolute Gasteiger partial charge is 0.166 e. The number of rotatable bonds is 3. The molecule has 2 aliphatic rings. The van der Waals surface area contributed by atoms with Gasteiger partial charge in [0.05, 0.1) is 5.60 Å². The van der Waals surface area contributed by atoms with E-state index in [9.17, 15) is 4.79 Å². The highest BCUT2D eigenvalue weighted by molar-refractivity contribution is 7.99. The minimum Gasteiger partial charge on any atom is -0.374 e. The van der Waals surface area contributed by atoms with Crippen molar-refractivity contribution in [1.29, 1.82) is 0 Å². The molecule has 2 heterocycles. The summed E-state index contributed by atoms with van der Waals surface area (Å²) in [6.45, 7) is 2.86. The van der Waals surface area contributed by atoms with E-state index in [1.54, 1.807) is 0 Å². The van der Waals surface area contributed by atoms with Gasteiger partial charge in [0.2, 0.25) is 0 Å². The molecule has 20 heavy (non-hydrogen) atoms. The molecular weight excluding hydrogens is 268 g/mol. The van der Waals surface area contributed by atoms with Crippen molar-refractivity contribution in [3.63, 3.8) is 0 Å². The van der Waals surface area contributed by atoms with E-state index in [-0.39, 0.29) is 11.5 Å². The van der Waals surface area contributed by atoms with Crippen molar-refractivity contribution in [3.8, 4) is 0 Å². The van der Waals surface area contributed by atoms with Crippen LogP contribution >= 0.6 is 11.8 Å². The molecule has 0 saturated carbocycles. The molecular formula is C17H22O2S. The molecule has 2 aliphatic heterocycles. The van der Waals surface area contributed by atoms with Crippen molar-refractivity contribution in [2.45, 2.75) is 38.2 Å². The average molecular weight is 290 g/mol. The Morgan fingerprint density at radius 3 is 3.05 bits per heavy atom. The number of aryl methyl sites for hydroxylation is 1. The van der Waals surface area contributed by atoms with E-state index in [0.29, 0.717) is 5.78 Å². The number of hydrogen-bond acceptors (Lipinski definition) is 3. The highest BCUT2D eigenvalue weighted by atomic mass is 32.2. The SMILES string of the molecule is CCc1ccccc1C(=O)C1CCOC2(CCSC2)C1. The maximum atomic E-state index is 12.9. The Hall–Kier alpha value is -0.800. The van der Waals surface area contributed by atoms with Gasteiger partial charge >= 0.3 is 0 Å². The van der Waals surface area contributed by atoms with E-state index in [1.807, 2.05) is 30.0 Å². The van der Waals surface area contributed by atoms with Gasteiger partial charge in [0.15, 0.2) is 5.78 Å². The Balaban J connectivity index is 1.79. The number of ketones is 1. The lowest BCUT2D eigenvalue weighted by Crippen LogP contribution is -2.42. The van der Waals surface area contributed by atoms with Crippen LogP contribution in [0.1, 0.15) is 42.1 Å². The first-order valence-electron chi connectivity index (χ1n) is 7.58. The molecule has 2 unspecified atom stereocenters. The summed E-state index contributed by atoms with van der Waals surface area (Å²) < 4.78 is 6.03. The third-order valence-corrected chi connectivity index (χ3v) is 5.82. The summed E-state index contributed by atoms with van der Waals surface area (Å²) in [5, 5.41) is 0. The zero-order chi connectivity index (χ0) is 14.0. The van der Waals surface area contributed by atoms with Crippen molar-refractivity contribution >= 4 is 17.5 Å². The molecule has 3 rings (SSSR count). The van der Waals surface area contributed by atoms with E-state index in [4.69, 9.17) is 4.74 Å².